The van der Waals surface area contributed by atoms with Gasteiger partial charge in [0.05, 0.1) is 14.2 Å². The van der Waals surface area contributed by atoms with E-state index in [0.717, 1.165) is 29.9 Å². The van der Waals surface area contributed by atoms with Gasteiger partial charge in [0.1, 0.15) is 5.75 Å². The summed E-state index contributed by atoms with van der Waals surface area (Å²) in [5.74, 6) is 1.02. The van der Waals surface area contributed by atoms with Crippen molar-refractivity contribution < 1.29 is 24.1 Å². The van der Waals surface area contributed by atoms with Gasteiger partial charge in [0, 0.05) is 0 Å². The fourth-order valence-electron chi connectivity index (χ4n) is 2.29. The summed E-state index contributed by atoms with van der Waals surface area (Å²) in [4.78, 5) is 10.5. The van der Waals surface area contributed by atoms with E-state index >= 15 is 0 Å². The van der Waals surface area contributed by atoms with Gasteiger partial charge < -0.3 is 19.3 Å². The van der Waals surface area contributed by atoms with E-state index in [1.165, 1.54) is 5.56 Å². The average Bonchev–Trinajstić information content (AvgIpc) is 2.60. The number of ether oxygens (including phenoxy) is 3. The summed E-state index contributed by atoms with van der Waals surface area (Å²) in [5, 5.41) is 8.58. The predicted molar refractivity (Wildman–Crippen MR) is 90.8 cm³/mol. The SMILES string of the molecule is COc1ccc(CC[CH]c2ccc(OCC(=O)O)cc2)cc1OC. The van der Waals surface area contributed by atoms with E-state index in [0.29, 0.717) is 5.75 Å². The first-order chi connectivity index (χ1) is 11.6. The lowest BCUT2D eigenvalue weighted by Crippen LogP contribution is -2.09. The second kappa shape index (κ2) is 8.82. The molecule has 0 aliphatic rings. The van der Waals surface area contributed by atoms with E-state index in [-0.39, 0.29) is 6.61 Å². The van der Waals surface area contributed by atoms with Crippen LogP contribution in [0.5, 0.6) is 17.2 Å². The highest BCUT2D eigenvalue weighted by atomic mass is 16.5. The Bertz CT molecular complexity index is 664. The van der Waals surface area contributed by atoms with Gasteiger partial charge in [-0.25, -0.2) is 4.79 Å². The monoisotopic (exact) mass is 329 g/mol. The Morgan fingerprint density at radius 2 is 1.75 bits per heavy atom. The first-order valence-corrected chi connectivity index (χ1v) is 7.61. The number of aliphatic carboxylic acids is 1. The molecule has 0 aromatic heterocycles. The number of methoxy groups -OCH3 is 2. The molecule has 0 spiro atoms. The summed E-state index contributed by atoms with van der Waals surface area (Å²) < 4.78 is 15.6. The number of aryl methyl sites for hydroxylation is 1. The van der Waals surface area contributed by atoms with Gasteiger partial charge >= 0.3 is 5.97 Å². The van der Waals surface area contributed by atoms with Gasteiger partial charge in [-0.2, -0.15) is 0 Å². The smallest absolute Gasteiger partial charge is 0.341 e. The predicted octanol–water partition coefficient (Wildman–Crippen LogP) is 3.35. The Balaban J connectivity index is 1.84. The summed E-state index contributed by atoms with van der Waals surface area (Å²) in [6, 6.07) is 13.3. The fourth-order valence-corrected chi connectivity index (χ4v) is 2.29. The first-order valence-electron chi connectivity index (χ1n) is 7.61. The summed E-state index contributed by atoms with van der Waals surface area (Å²) in [6.07, 6.45) is 3.89. The molecule has 127 valence electrons. The number of hydrogen-bond donors (Lipinski definition) is 1. The molecule has 0 saturated carbocycles. The standard InChI is InChI=1S/C19H21O5/c1-22-17-11-8-15(12-18(17)23-2)5-3-4-14-6-9-16(10-7-14)24-13-19(20)21/h4,6-12H,3,5,13H2,1-2H3,(H,20,21). The van der Waals surface area contributed by atoms with Crippen LogP contribution >= 0.6 is 0 Å². The fraction of sp³-hybridized carbons (Fsp3) is 0.263. The van der Waals surface area contributed by atoms with Gasteiger partial charge in [-0.1, -0.05) is 18.2 Å². The number of carboxylic acid groups (broad SMARTS) is 1. The quantitative estimate of drug-likeness (QED) is 0.764. The highest BCUT2D eigenvalue weighted by Crippen LogP contribution is 2.28. The van der Waals surface area contributed by atoms with Crippen LogP contribution < -0.4 is 14.2 Å². The minimum absolute atomic E-state index is 0.331. The summed E-state index contributed by atoms with van der Waals surface area (Å²) >= 11 is 0. The molecular weight excluding hydrogens is 308 g/mol. The Morgan fingerprint density at radius 3 is 2.38 bits per heavy atom. The van der Waals surface area contributed by atoms with Gasteiger partial charge in [0.25, 0.3) is 0 Å². The lowest BCUT2D eigenvalue weighted by molar-refractivity contribution is -0.139. The molecule has 0 aliphatic heterocycles. The zero-order chi connectivity index (χ0) is 17.4. The van der Waals surface area contributed by atoms with Crippen molar-refractivity contribution >= 4 is 5.97 Å². The molecule has 2 aromatic carbocycles. The van der Waals surface area contributed by atoms with Crippen molar-refractivity contribution in [2.45, 2.75) is 12.8 Å². The molecule has 2 aromatic rings. The third kappa shape index (κ3) is 5.19. The van der Waals surface area contributed by atoms with Crippen LogP contribution in [0.15, 0.2) is 42.5 Å². The highest BCUT2D eigenvalue weighted by molar-refractivity contribution is 5.68. The van der Waals surface area contributed by atoms with Crippen LogP contribution in [0.4, 0.5) is 0 Å². The minimum Gasteiger partial charge on any atom is -0.493 e. The summed E-state index contributed by atoms with van der Waals surface area (Å²) in [7, 11) is 3.25. The van der Waals surface area contributed by atoms with Gasteiger partial charge in [-0.15, -0.1) is 0 Å². The van der Waals surface area contributed by atoms with Crippen LogP contribution in [0.3, 0.4) is 0 Å². The zero-order valence-corrected chi connectivity index (χ0v) is 13.8. The number of rotatable bonds is 9. The largest absolute Gasteiger partial charge is 0.493 e. The van der Waals surface area contributed by atoms with Gasteiger partial charge in [0.2, 0.25) is 0 Å². The molecule has 0 heterocycles. The molecule has 0 saturated heterocycles. The molecule has 1 N–H and O–H groups in total. The molecular formula is C19H21O5. The van der Waals surface area contributed by atoms with E-state index in [4.69, 9.17) is 19.3 Å². The number of hydrogen-bond acceptors (Lipinski definition) is 4. The van der Waals surface area contributed by atoms with E-state index in [1.807, 2.05) is 30.3 Å². The van der Waals surface area contributed by atoms with Gasteiger partial charge in [0.15, 0.2) is 18.1 Å². The third-order valence-corrected chi connectivity index (χ3v) is 3.50. The van der Waals surface area contributed by atoms with Crippen molar-refractivity contribution in [1.29, 1.82) is 0 Å². The lowest BCUT2D eigenvalue weighted by Gasteiger charge is -2.09. The second-order valence-electron chi connectivity index (χ2n) is 5.18. The van der Waals surface area contributed by atoms with Crippen LogP contribution in [0, 0.1) is 6.42 Å². The molecule has 0 aliphatic carbocycles. The zero-order valence-electron chi connectivity index (χ0n) is 13.8. The number of carbonyl (C=O) groups is 1. The van der Waals surface area contributed by atoms with Crippen molar-refractivity contribution in [2.24, 2.45) is 0 Å². The molecule has 2 rings (SSSR count). The van der Waals surface area contributed by atoms with Crippen molar-refractivity contribution in [3.05, 3.63) is 60.0 Å². The molecule has 0 atom stereocenters. The molecule has 0 fully saturated rings. The maximum Gasteiger partial charge on any atom is 0.341 e. The van der Waals surface area contributed by atoms with Crippen molar-refractivity contribution in [2.75, 3.05) is 20.8 Å². The van der Waals surface area contributed by atoms with Crippen LogP contribution in [0.2, 0.25) is 0 Å². The molecule has 0 bridgehead atoms. The molecule has 0 amide bonds. The number of benzene rings is 2. The minimum atomic E-state index is -0.986. The van der Waals surface area contributed by atoms with Crippen LogP contribution in [0.1, 0.15) is 17.5 Å². The topological polar surface area (TPSA) is 65.0 Å². The van der Waals surface area contributed by atoms with Crippen LogP contribution in [-0.4, -0.2) is 31.9 Å². The van der Waals surface area contributed by atoms with E-state index in [2.05, 4.69) is 6.42 Å². The van der Waals surface area contributed by atoms with Gasteiger partial charge in [-0.05, 0) is 54.7 Å². The van der Waals surface area contributed by atoms with E-state index < -0.39 is 5.97 Å². The molecule has 0 unspecified atom stereocenters. The molecule has 1 radical (unpaired) electrons. The summed E-state index contributed by atoms with van der Waals surface area (Å²) in [5.41, 5.74) is 2.24. The molecule has 5 heteroatoms. The van der Waals surface area contributed by atoms with E-state index in [9.17, 15) is 4.79 Å². The lowest BCUT2D eigenvalue weighted by atomic mass is 10.0. The van der Waals surface area contributed by atoms with Crippen molar-refractivity contribution in [3.8, 4) is 17.2 Å². The molecule has 5 nitrogen and oxygen atoms in total. The Kier molecular flexibility index (Phi) is 6.49. The maximum atomic E-state index is 10.5. The summed E-state index contributed by atoms with van der Waals surface area (Å²) in [6.45, 7) is -0.331. The second-order valence-corrected chi connectivity index (χ2v) is 5.18. The van der Waals surface area contributed by atoms with Crippen molar-refractivity contribution in [1.82, 2.24) is 0 Å². The first kappa shape index (κ1) is 17.7. The van der Waals surface area contributed by atoms with Crippen molar-refractivity contribution in [3.63, 3.8) is 0 Å². The maximum absolute atomic E-state index is 10.5. The Morgan fingerprint density at radius 1 is 1.04 bits per heavy atom. The van der Waals surface area contributed by atoms with Crippen LogP contribution in [-0.2, 0) is 11.2 Å². The normalized spacial score (nSPS) is 10.2. The van der Waals surface area contributed by atoms with Crippen LogP contribution in [0.25, 0.3) is 0 Å². The highest BCUT2D eigenvalue weighted by Gasteiger charge is 2.05. The average molecular weight is 329 g/mol. The Labute approximate surface area is 141 Å². The number of carboxylic acids is 1. The van der Waals surface area contributed by atoms with Gasteiger partial charge in [-0.3, -0.25) is 0 Å². The molecule has 24 heavy (non-hydrogen) atoms. The van der Waals surface area contributed by atoms with E-state index in [1.54, 1.807) is 26.4 Å². The third-order valence-electron chi connectivity index (χ3n) is 3.50. The Hall–Kier alpha value is -2.69.